The Labute approximate surface area is 123 Å². The van der Waals surface area contributed by atoms with Crippen LogP contribution in [0.2, 0.25) is 0 Å². The van der Waals surface area contributed by atoms with E-state index in [0.29, 0.717) is 11.9 Å². The number of nitrogens with one attached hydrogen (secondary N) is 1. The quantitative estimate of drug-likeness (QED) is 0.934. The molecule has 1 aliphatic rings. The van der Waals surface area contributed by atoms with Crippen molar-refractivity contribution in [2.24, 2.45) is 0 Å². The Kier molecular flexibility index (Phi) is 4.23. The van der Waals surface area contributed by atoms with Crippen LogP contribution in [-0.4, -0.2) is 17.8 Å². The van der Waals surface area contributed by atoms with Gasteiger partial charge in [-0.25, -0.2) is 4.98 Å². The molecule has 1 atom stereocenters. The third-order valence-electron chi connectivity index (χ3n) is 3.52. The summed E-state index contributed by atoms with van der Waals surface area (Å²) in [6, 6.07) is 13.1. The fourth-order valence-electron chi connectivity index (χ4n) is 2.47. The van der Waals surface area contributed by atoms with E-state index in [4.69, 9.17) is 4.74 Å². The topological polar surface area (TPSA) is 34.1 Å². The number of hydrogen-bond acceptors (Lipinski definition) is 4. The van der Waals surface area contributed by atoms with Crippen molar-refractivity contribution in [3.8, 4) is 5.88 Å². The van der Waals surface area contributed by atoms with Crippen LogP contribution in [-0.2, 0) is 6.54 Å². The van der Waals surface area contributed by atoms with Crippen LogP contribution in [0.4, 0.5) is 0 Å². The standard InChI is InChI=1S/C16H18N2OS/c1-19-16-10-12(6-8-17-16)11-18-14-7-9-20-15-5-3-2-4-13(14)15/h2-6,8,10,14,18H,7,9,11H2,1H3. The molecule has 0 saturated heterocycles. The fourth-order valence-corrected chi connectivity index (χ4v) is 3.59. The molecule has 1 unspecified atom stereocenters. The molecule has 1 aromatic carbocycles. The van der Waals surface area contributed by atoms with Gasteiger partial charge in [0.25, 0.3) is 0 Å². The number of rotatable bonds is 4. The first-order chi connectivity index (χ1) is 9.86. The van der Waals surface area contributed by atoms with E-state index in [2.05, 4.69) is 34.6 Å². The van der Waals surface area contributed by atoms with Crippen LogP contribution in [0.5, 0.6) is 5.88 Å². The second kappa shape index (κ2) is 6.29. The van der Waals surface area contributed by atoms with E-state index < -0.39 is 0 Å². The lowest BCUT2D eigenvalue weighted by molar-refractivity contribution is 0.396. The van der Waals surface area contributed by atoms with Crippen LogP contribution in [0.25, 0.3) is 0 Å². The molecule has 20 heavy (non-hydrogen) atoms. The minimum atomic E-state index is 0.437. The van der Waals surface area contributed by atoms with Gasteiger partial charge >= 0.3 is 0 Å². The van der Waals surface area contributed by atoms with E-state index in [-0.39, 0.29) is 0 Å². The van der Waals surface area contributed by atoms with Crippen molar-refractivity contribution in [2.75, 3.05) is 12.9 Å². The third kappa shape index (κ3) is 2.97. The average molecular weight is 286 g/mol. The van der Waals surface area contributed by atoms with E-state index in [1.54, 1.807) is 13.3 Å². The summed E-state index contributed by atoms with van der Waals surface area (Å²) in [5.41, 5.74) is 2.62. The van der Waals surface area contributed by atoms with Crippen molar-refractivity contribution in [3.05, 3.63) is 53.7 Å². The zero-order chi connectivity index (χ0) is 13.8. The lowest BCUT2D eigenvalue weighted by atomic mass is 10.0. The zero-order valence-corrected chi connectivity index (χ0v) is 12.3. The molecule has 0 spiro atoms. The summed E-state index contributed by atoms with van der Waals surface area (Å²) in [7, 11) is 1.65. The number of nitrogens with zero attached hydrogens (tertiary/aromatic N) is 1. The van der Waals surface area contributed by atoms with Crippen LogP contribution in [0.3, 0.4) is 0 Å². The molecule has 4 heteroatoms. The Morgan fingerprint density at radius 2 is 2.25 bits per heavy atom. The Hall–Kier alpha value is -1.52. The summed E-state index contributed by atoms with van der Waals surface area (Å²) in [6.07, 6.45) is 2.96. The lowest BCUT2D eigenvalue weighted by Crippen LogP contribution is -2.24. The fraction of sp³-hybridized carbons (Fsp3) is 0.312. The van der Waals surface area contributed by atoms with Crippen molar-refractivity contribution in [2.45, 2.75) is 23.9 Å². The Balaban J connectivity index is 1.70. The molecule has 0 bridgehead atoms. The maximum Gasteiger partial charge on any atom is 0.213 e. The molecule has 1 aliphatic heterocycles. The van der Waals surface area contributed by atoms with Crippen LogP contribution in [0.15, 0.2) is 47.5 Å². The van der Waals surface area contributed by atoms with E-state index in [1.807, 2.05) is 23.9 Å². The minimum absolute atomic E-state index is 0.437. The lowest BCUT2D eigenvalue weighted by Gasteiger charge is -2.26. The average Bonchev–Trinajstić information content (AvgIpc) is 2.53. The van der Waals surface area contributed by atoms with Crippen LogP contribution in [0.1, 0.15) is 23.6 Å². The number of methoxy groups -OCH3 is 1. The predicted molar refractivity (Wildman–Crippen MR) is 82.2 cm³/mol. The van der Waals surface area contributed by atoms with Gasteiger partial charge in [-0.3, -0.25) is 0 Å². The van der Waals surface area contributed by atoms with Gasteiger partial charge < -0.3 is 10.1 Å². The molecule has 3 nitrogen and oxygen atoms in total. The highest BCUT2D eigenvalue weighted by molar-refractivity contribution is 7.99. The summed E-state index contributed by atoms with van der Waals surface area (Å²) in [6.45, 7) is 0.836. The minimum Gasteiger partial charge on any atom is -0.481 e. The van der Waals surface area contributed by atoms with Gasteiger partial charge in [0.15, 0.2) is 0 Å². The van der Waals surface area contributed by atoms with E-state index in [9.17, 15) is 0 Å². The van der Waals surface area contributed by atoms with Gasteiger partial charge in [0, 0.05) is 29.7 Å². The number of thioether (sulfide) groups is 1. The molecule has 1 N–H and O–H groups in total. The van der Waals surface area contributed by atoms with Crippen molar-refractivity contribution in [1.82, 2.24) is 10.3 Å². The van der Waals surface area contributed by atoms with Gasteiger partial charge in [-0.05, 0) is 35.4 Å². The third-order valence-corrected chi connectivity index (χ3v) is 4.64. The molecular weight excluding hydrogens is 268 g/mol. The zero-order valence-electron chi connectivity index (χ0n) is 11.5. The van der Waals surface area contributed by atoms with Gasteiger partial charge in [0.05, 0.1) is 7.11 Å². The number of ether oxygens (including phenoxy) is 1. The normalized spacial score (nSPS) is 17.6. The van der Waals surface area contributed by atoms with Crippen LogP contribution < -0.4 is 10.1 Å². The molecule has 0 amide bonds. The number of aromatic nitrogens is 1. The highest BCUT2D eigenvalue weighted by Gasteiger charge is 2.19. The number of fused-ring (bicyclic) bond motifs is 1. The highest BCUT2D eigenvalue weighted by atomic mass is 32.2. The molecule has 0 fully saturated rings. The number of benzene rings is 1. The van der Waals surface area contributed by atoms with E-state index in [0.717, 1.165) is 6.54 Å². The van der Waals surface area contributed by atoms with Gasteiger partial charge in [-0.15, -0.1) is 11.8 Å². The first-order valence-electron chi connectivity index (χ1n) is 6.81. The maximum absolute atomic E-state index is 5.16. The highest BCUT2D eigenvalue weighted by Crippen LogP contribution is 2.35. The number of hydrogen-bond donors (Lipinski definition) is 1. The molecule has 0 saturated carbocycles. The summed E-state index contributed by atoms with van der Waals surface area (Å²) in [4.78, 5) is 5.54. The Bertz CT molecular complexity index is 588. The molecule has 1 aromatic heterocycles. The Morgan fingerprint density at radius 3 is 3.15 bits per heavy atom. The first-order valence-corrected chi connectivity index (χ1v) is 7.79. The maximum atomic E-state index is 5.16. The molecule has 2 aromatic rings. The SMILES string of the molecule is COc1cc(CNC2CCSc3ccccc32)ccn1. The second-order valence-corrected chi connectivity index (χ2v) is 5.95. The van der Waals surface area contributed by atoms with Crippen molar-refractivity contribution in [1.29, 1.82) is 0 Å². The second-order valence-electron chi connectivity index (χ2n) is 4.81. The molecule has 2 heterocycles. The van der Waals surface area contributed by atoms with Crippen molar-refractivity contribution >= 4 is 11.8 Å². The molecule has 3 rings (SSSR count). The van der Waals surface area contributed by atoms with Gasteiger partial charge in [0.1, 0.15) is 0 Å². The van der Waals surface area contributed by atoms with E-state index >= 15 is 0 Å². The first kappa shape index (κ1) is 13.5. The van der Waals surface area contributed by atoms with Crippen LogP contribution >= 0.6 is 11.8 Å². The van der Waals surface area contributed by atoms with Gasteiger partial charge in [0.2, 0.25) is 5.88 Å². The van der Waals surface area contributed by atoms with Crippen LogP contribution in [0, 0.1) is 0 Å². The smallest absolute Gasteiger partial charge is 0.213 e. The van der Waals surface area contributed by atoms with Gasteiger partial charge in [-0.2, -0.15) is 0 Å². The van der Waals surface area contributed by atoms with Gasteiger partial charge in [-0.1, -0.05) is 18.2 Å². The molecule has 0 aliphatic carbocycles. The Morgan fingerprint density at radius 1 is 1.35 bits per heavy atom. The predicted octanol–water partition coefficient (Wildman–Crippen LogP) is 3.42. The molecule has 0 radical (unpaired) electrons. The summed E-state index contributed by atoms with van der Waals surface area (Å²) in [5, 5.41) is 3.65. The summed E-state index contributed by atoms with van der Waals surface area (Å²) < 4.78 is 5.16. The van der Waals surface area contributed by atoms with Crippen molar-refractivity contribution in [3.63, 3.8) is 0 Å². The van der Waals surface area contributed by atoms with E-state index in [1.165, 1.54) is 28.2 Å². The summed E-state index contributed by atoms with van der Waals surface area (Å²) in [5.74, 6) is 1.85. The largest absolute Gasteiger partial charge is 0.481 e. The summed E-state index contributed by atoms with van der Waals surface area (Å²) >= 11 is 1.95. The number of pyridine rings is 1. The van der Waals surface area contributed by atoms with Crippen molar-refractivity contribution < 1.29 is 4.74 Å². The molecule has 104 valence electrons. The molecular formula is C16H18N2OS. The monoisotopic (exact) mass is 286 g/mol.